The summed E-state index contributed by atoms with van der Waals surface area (Å²) in [5.74, 6) is -0.125. The van der Waals surface area contributed by atoms with Crippen molar-refractivity contribution in [2.24, 2.45) is 5.92 Å². The van der Waals surface area contributed by atoms with Gasteiger partial charge in [-0.1, -0.05) is 25.7 Å². The summed E-state index contributed by atoms with van der Waals surface area (Å²) >= 11 is 0. The number of H-pyrrole nitrogens is 1. The molecule has 0 spiro atoms. The zero-order chi connectivity index (χ0) is 14.7. The Labute approximate surface area is 123 Å². The normalized spacial score (nSPS) is 16.8. The SMILES string of the molecule is O=C(NCC1CCCCCC1)c1cc(F)c2nc[nH]c2c1. The minimum atomic E-state index is -0.464. The van der Waals surface area contributed by atoms with Crippen molar-refractivity contribution >= 4 is 16.9 Å². The maximum absolute atomic E-state index is 13.8. The van der Waals surface area contributed by atoms with E-state index < -0.39 is 5.82 Å². The van der Waals surface area contributed by atoms with Gasteiger partial charge in [0.2, 0.25) is 0 Å². The molecule has 1 aromatic heterocycles. The number of amides is 1. The Hall–Kier alpha value is -1.91. The first-order valence-electron chi connectivity index (χ1n) is 7.65. The van der Waals surface area contributed by atoms with Gasteiger partial charge in [0.25, 0.3) is 5.91 Å². The third kappa shape index (κ3) is 3.23. The van der Waals surface area contributed by atoms with E-state index in [0.717, 1.165) is 0 Å². The zero-order valence-corrected chi connectivity index (χ0v) is 12.0. The van der Waals surface area contributed by atoms with Crippen LogP contribution in [0.25, 0.3) is 11.0 Å². The summed E-state index contributed by atoms with van der Waals surface area (Å²) in [6.07, 6.45) is 8.87. The van der Waals surface area contributed by atoms with Crippen LogP contribution in [0, 0.1) is 11.7 Å². The van der Waals surface area contributed by atoms with Crippen LogP contribution in [0.1, 0.15) is 48.9 Å². The molecule has 5 heteroatoms. The predicted octanol–water partition coefficient (Wildman–Crippen LogP) is 3.40. The van der Waals surface area contributed by atoms with Gasteiger partial charge in [-0.3, -0.25) is 4.79 Å². The van der Waals surface area contributed by atoms with Gasteiger partial charge in [-0.25, -0.2) is 9.37 Å². The second-order valence-corrected chi connectivity index (χ2v) is 5.82. The molecule has 0 aliphatic heterocycles. The molecule has 1 aromatic carbocycles. The smallest absolute Gasteiger partial charge is 0.251 e. The number of benzene rings is 1. The average molecular weight is 289 g/mol. The van der Waals surface area contributed by atoms with Crippen LogP contribution in [-0.4, -0.2) is 22.4 Å². The van der Waals surface area contributed by atoms with Crippen molar-refractivity contribution in [1.29, 1.82) is 0 Å². The number of carbonyl (C=O) groups excluding carboxylic acids is 1. The van der Waals surface area contributed by atoms with Gasteiger partial charge in [0.15, 0.2) is 5.82 Å². The van der Waals surface area contributed by atoms with E-state index in [1.165, 1.54) is 50.9 Å². The zero-order valence-electron chi connectivity index (χ0n) is 12.0. The predicted molar refractivity (Wildman–Crippen MR) is 79.6 cm³/mol. The third-order valence-corrected chi connectivity index (χ3v) is 4.27. The second kappa shape index (κ2) is 6.24. The van der Waals surface area contributed by atoms with Gasteiger partial charge in [0.05, 0.1) is 11.8 Å². The first kappa shape index (κ1) is 14.0. The molecule has 2 aromatic rings. The van der Waals surface area contributed by atoms with Crippen LogP contribution < -0.4 is 5.32 Å². The highest BCUT2D eigenvalue weighted by molar-refractivity contribution is 5.97. The van der Waals surface area contributed by atoms with Gasteiger partial charge >= 0.3 is 0 Å². The van der Waals surface area contributed by atoms with Gasteiger partial charge in [-0.15, -0.1) is 0 Å². The van der Waals surface area contributed by atoms with Crippen molar-refractivity contribution in [3.63, 3.8) is 0 Å². The lowest BCUT2D eigenvalue weighted by molar-refractivity contribution is 0.0945. The number of carbonyl (C=O) groups is 1. The lowest BCUT2D eigenvalue weighted by atomic mass is 10.0. The number of hydrogen-bond donors (Lipinski definition) is 2. The largest absolute Gasteiger partial charge is 0.352 e. The Morgan fingerprint density at radius 2 is 2.05 bits per heavy atom. The molecule has 1 aliphatic rings. The van der Waals surface area contributed by atoms with E-state index in [-0.39, 0.29) is 11.4 Å². The number of hydrogen-bond acceptors (Lipinski definition) is 2. The second-order valence-electron chi connectivity index (χ2n) is 5.82. The van der Waals surface area contributed by atoms with Crippen LogP contribution in [0.3, 0.4) is 0 Å². The number of fused-ring (bicyclic) bond motifs is 1. The van der Waals surface area contributed by atoms with Crippen molar-refractivity contribution in [2.75, 3.05) is 6.54 Å². The lowest BCUT2D eigenvalue weighted by Crippen LogP contribution is -2.29. The number of imidazole rings is 1. The Bertz CT molecular complexity index is 629. The summed E-state index contributed by atoms with van der Waals surface area (Å²) in [7, 11) is 0. The quantitative estimate of drug-likeness (QED) is 0.851. The number of rotatable bonds is 3. The van der Waals surface area contributed by atoms with Crippen molar-refractivity contribution in [3.8, 4) is 0 Å². The van der Waals surface area contributed by atoms with Gasteiger partial charge in [-0.05, 0) is 30.9 Å². The number of aromatic amines is 1. The van der Waals surface area contributed by atoms with Crippen molar-refractivity contribution in [2.45, 2.75) is 38.5 Å². The van der Waals surface area contributed by atoms with Gasteiger partial charge < -0.3 is 10.3 Å². The van der Waals surface area contributed by atoms with E-state index in [0.29, 0.717) is 23.5 Å². The van der Waals surface area contributed by atoms with Crippen molar-refractivity contribution in [3.05, 3.63) is 29.8 Å². The van der Waals surface area contributed by atoms with Gasteiger partial charge in [0, 0.05) is 12.1 Å². The fraction of sp³-hybridized carbons (Fsp3) is 0.500. The summed E-state index contributed by atoms with van der Waals surface area (Å²) in [6, 6.07) is 2.90. The van der Waals surface area contributed by atoms with Crippen LogP contribution in [-0.2, 0) is 0 Å². The molecule has 1 heterocycles. The van der Waals surface area contributed by atoms with Crippen molar-refractivity contribution < 1.29 is 9.18 Å². The summed E-state index contributed by atoms with van der Waals surface area (Å²) < 4.78 is 13.8. The number of halogens is 1. The molecule has 3 rings (SSSR count). The molecule has 0 radical (unpaired) electrons. The van der Waals surface area contributed by atoms with E-state index in [4.69, 9.17) is 0 Å². The number of nitrogens with one attached hydrogen (secondary N) is 2. The van der Waals surface area contributed by atoms with Crippen LogP contribution in [0.2, 0.25) is 0 Å². The molecule has 1 aliphatic carbocycles. The molecule has 0 bridgehead atoms. The molecule has 0 saturated heterocycles. The minimum absolute atomic E-state index is 0.213. The van der Waals surface area contributed by atoms with E-state index >= 15 is 0 Å². The van der Waals surface area contributed by atoms with Crippen molar-refractivity contribution in [1.82, 2.24) is 15.3 Å². The molecule has 21 heavy (non-hydrogen) atoms. The van der Waals surface area contributed by atoms with E-state index in [1.54, 1.807) is 6.07 Å². The van der Waals surface area contributed by atoms with E-state index in [1.807, 2.05) is 0 Å². The molecule has 2 N–H and O–H groups in total. The molecule has 0 unspecified atom stereocenters. The highest BCUT2D eigenvalue weighted by Gasteiger charge is 2.15. The van der Waals surface area contributed by atoms with E-state index in [2.05, 4.69) is 15.3 Å². The minimum Gasteiger partial charge on any atom is -0.352 e. The molecule has 112 valence electrons. The summed E-state index contributed by atoms with van der Waals surface area (Å²) in [4.78, 5) is 18.9. The van der Waals surface area contributed by atoms with Crippen LogP contribution in [0.15, 0.2) is 18.5 Å². The summed E-state index contributed by atoms with van der Waals surface area (Å²) in [5.41, 5.74) is 1.17. The Kier molecular flexibility index (Phi) is 4.18. The fourth-order valence-electron chi connectivity index (χ4n) is 3.04. The van der Waals surface area contributed by atoms with Crippen LogP contribution >= 0.6 is 0 Å². The Balaban J connectivity index is 1.66. The summed E-state index contributed by atoms with van der Waals surface area (Å²) in [6.45, 7) is 0.682. The average Bonchev–Trinajstić information content (AvgIpc) is 2.81. The highest BCUT2D eigenvalue weighted by atomic mass is 19.1. The Morgan fingerprint density at radius 1 is 1.29 bits per heavy atom. The molecular weight excluding hydrogens is 269 g/mol. The molecule has 0 atom stereocenters. The maximum Gasteiger partial charge on any atom is 0.251 e. The Morgan fingerprint density at radius 3 is 2.81 bits per heavy atom. The van der Waals surface area contributed by atoms with E-state index in [9.17, 15) is 9.18 Å². The van der Waals surface area contributed by atoms with Gasteiger partial charge in [-0.2, -0.15) is 0 Å². The van der Waals surface area contributed by atoms with Crippen LogP contribution in [0.5, 0.6) is 0 Å². The first-order valence-corrected chi connectivity index (χ1v) is 7.65. The molecule has 1 amide bonds. The molecule has 1 fully saturated rings. The maximum atomic E-state index is 13.8. The molecule has 1 saturated carbocycles. The van der Waals surface area contributed by atoms with Gasteiger partial charge in [0.1, 0.15) is 5.52 Å². The number of aromatic nitrogens is 2. The standard InChI is InChI=1S/C16H20FN3O/c17-13-7-12(8-14-15(13)20-10-19-14)16(21)18-9-11-5-3-1-2-4-6-11/h7-8,10-11H,1-6,9H2,(H,18,21)(H,19,20). The third-order valence-electron chi connectivity index (χ3n) is 4.27. The first-order chi connectivity index (χ1) is 10.2. The number of nitrogens with zero attached hydrogens (tertiary/aromatic N) is 1. The topological polar surface area (TPSA) is 57.8 Å². The molecule has 4 nitrogen and oxygen atoms in total. The lowest BCUT2D eigenvalue weighted by Gasteiger charge is -2.14. The molecular formula is C16H20FN3O. The fourth-order valence-corrected chi connectivity index (χ4v) is 3.04. The monoisotopic (exact) mass is 289 g/mol. The highest BCUT2D eigenvalue weighted by Crippen LogP contribution is 2.22. The summed E-state index contributed by atoms with van der Waals surface area (Å²) in [5, 5.41) is 2.94. The van der Waals surface area contributed by atoms with Crippen LogP contribution in [0.4, 0.5) is 4.39 Å².